The first-order valence-electron chi connectivity index (χ1n) is 5.49. The minimum absolute atomic E-state index is 0.529. The van der Waals surface area contributed by atoms with Crippen LogP contribution in [0.4, 0.5) is 0 Å². The van der Waals surface area contributed by atoms with Crippen LogP contribution in [0.5, 0.6) is 0 Å². The Morgan fingerprint density at radius 1 is 1.41 bits per heavy atom. The molecule has 1 N–H and O–H groups in total. The van der Waals surface area contributed by atoms with Crippen LogP contribution in [0.1, 0.15) is 22.9 Å². The molecule has 0 radical (unpaired) electrons. The highest BCUT2D eigenvalue weighted by Gasteiger charge is 2.13. The van der Waals surface area contributed by atoms with E-state index in [-0.39, 0.29) is 0 Å². The van der Waals surface area contributed by atoms with Gasteiger partial charge in [0.1, 0.15) is 0 Å². The lowest BCUT2D eigenvalue weighted by Crippen LogP contribution is -2.04. The zero-order valence-electron chi connectivity index (χ0n) is 9.89. The van der Waals surface area contributed by atoms with Crippen molar-refractivity contribution >= 4 is 15.9 Å². The van der Waals surface area contributed by atoms with Crippen molar-refractivity contribution in [1.82, 2.24) is 9.78 Å². The van der Waals surface area contributed by atoms with Gasteiger partial charge in [-0.05, 0) is 24.6 Å². The molecule has 0 aliphatic rings. The first-order valence-corrected chi connectivity index (χ1v) is 6.28. The third kappa shape index (κ3) is 2.96. The van der Waals surface area contributed by atoms with E-state index < -0.39 is 6.10 Å². The molecular weight excluding hydrogens is 280 g/mol. The van der Waals surface area contributed by atoms with Crippen LogP contribution in [0.15, 0.2) is 34.9 Å². The van der Waals surface area contributed by atoms with Crippen molar-refractivity contribution in [2.45, 2.75) is 19.4 Å². The van der Waals surface area contributed by atoms with Crippen molar-refractivity contribution < 1.29 is 5.11 Å². The molecule has 17 heavy (non-hydrogen) atoms. The number of aromatic nitrogens is 2. The number of rotatable bonds is 3. The quantitative estimate of drug-likeness (QED) is 0.945. The molecule has 1 unspecified atom stereocenters. The Kier molecular flexibility index (Phi) is 3.64. The van der Waals surface area contributed by atoms with E-state index in [2.05, 4.69) is 21.0 Å². The molecule has 1 heterocycles. The van der Waals surface area contributed by atoms with Gasteiger partial charge in [0.25, 0.3) is 0 Å². The van der Waals surface area contributed by atoms with Crippen molar-refractivity contribution in [3.63, 3.8) is 0 Å². The number of aliphatic hydroxyl groups excluding tert-OH is 1. The van der Waals surface area contributed by atoms with Gasteiger partial charge in [-0.15, -0.1) is 0 Å². The minimum Gasteiger partial charge on any atom is -0.388 e. The monoisotopic (exact) mass is 294 g/mol. The molecule has 0 spiro atoms. The van der Waals surface area contributed by atoms with Crippen LogP contribution in [0.2, 0.25) is 0 Å². The molecule has 0 saturated carbocycles. The first kappa shape index (κ1) is 12.3. The fourth-order valence-corrected chi connectivity index (χ4v) is 2.31. The van der Waals surface area contributed by atoms with Gasteiger partial charge >= 0.3 is 0 Å². The van der Waals surface area contributed by atoms with Crippen LogP contribution in [-0.4, -0.2) is 14.9 Å². The van der Waals surface area contributed by atoms with Crippen LogP contribution in [0.3, 0.4) is 0 Å². The predicted molar refractivity (Wildman–Crippen MR) is 70.8 cm³/mol. The highest BCUT2D eigenvalue weighted by molar-refractivity contribution is 9.10. The van der Waals surface area contributed by atoms with E-state index >= 15 is 0 Å². The second-order valence-electron chi connectivity index (χ2n) is 4.23. The highest BCUT2D eigenvalue weighted by Crippen LogP contribution is 2.26. The average Bonchev–Trinajstić information content (AvgIpc) is 2.67. The summed E-state index contributed by atoms with van der Waals surface area (Å²) in [7, 11) is 1.87. The maximum absolute atomic E-state index is 10.2. The van der Waals surface area contributed by atoms with E-state index in [4.69, 9.17) is 0 Å². The Labute approximate surface area is 109 Å². The lowest BCUT2D eigenvalue weighted by atomic mass is 10.0. The summed E-state index contributed by atoms with van der Waals surface area (Å²) in [4.78, 5) is 0. The van der Waals surface area contributed by atoms with Gasteiger partial charge in [0.2, 0.25) is 0 Å². The molecule has 4 heteroatoms. The van der Waals surface area contributed by atoms with Crippen molar-refractivity contribution in [3.05, 3.63) is 51.8 Å². The summed E-state index contributed by atoms with van der Waals surface area (Å²) in [6.45, 7) is 2.02. The van der Waals surface area contributed by atoms with Crippen LogP contribution >= 0.6 is 15.9 Å². The molecule has 0 saturated heterocycles. The maximum atomic E-state index is 10.2. The Bertz CT molecular complexity index is 522. The van der Waals surface area contributed by atoms with E-state index in [1.807, 2.05) is 44.4 Å². The van der Waals surface area contributed by atoms with Gasteiger partial charge in [0, 0.05) is 24.1 Å². The molecule has 0 aliphatic carbocycles. The molecule has 90 valence electrons. The summed E-state index contributed by atoms with van der Waals surface area (Å²) in [5.74, 6) is 0. The summed E-state index contributed by atoms with van der Waals surface area (Å²) in [6, 6.07) is 7.90. The van der Waals surface area contributed by atoms with Gasteiger partial charge < -0.3 is 5.11 Å². The fourth-order valence-electron chi connectivity index (χ4n) is 1.80. The summed E-state index contributed by atoms with van der Waals surface area (Å²) < 4.78 is 2.68. The topological polar surface area (TPSA) is 38.0 Å². The number of aliphatic hydroxyl groups is 1. The predicted octanol–water partition coefficient (Wildman–Crippen LogP) is 2.77. The number of benzene rings is 1. The van der Waals surface area contributed by atoms with E-state index in [9.17, 15) is 5.11 Å². The van der Waals surface area contributed by atoms with E-state index in [1.54, 1.807) is 4.68 Å². The number of nitrogens with zero attached hydrogens (tertiary/aromatic N) is 2. The number of hydrogen-bond acceptors (Lipinski definition) is 2. The standard InChI is InChI=1S/C13H15BrN2O/c1-9-3-4-12(14)11(7-9)13(17)8-10-5-6-16(2)15-10/h3-7,13,17H,8H2,1-2H3. The Morgan fingerprint density at radius 3 is 2.82 bits per heavy atom. The molecule has 2 rings (SSSR count). The SMILES string of the molecule is Cc1ccc(Br)c(C(O)Cc2ccn(C)n2)c1. The molecule has 0 bridgehead atoms. The summed E-state index contributed by atoms with van der Waals surface area (Å²) in [5.41, 5.74) is 2.95. The average molecular weight is 295 g/mol. The second-order valence-corrected chi connectivity index (χ2v) is 5.08. The van der Waals surface area contributed by atoms with E-state index in [0.29, 0.717) is 6.42 Å². The summed E-state index contributed by atoms with van der Waals surface area (Å²) in [5, 5.41) is 14.5. The van der Waals surface area contributed by atoms with Gasteiger partial charge in [0.15, 0.2) is 0 Å². The zero-order valence-corrected chi connectivity index (χ0v) is 11.5. The smallest absolute Gasteiger partial charge is 0.0857 e. The van der Waals surface area contributed by atoms with Crippen LogP contribution in [0, 0.1) is 6.92 Å². The molecule has 0 aliphatic heterocycles. The minimum atomic E-state index is -0.529. The Morgan fingerprint density at radius 2 is 2.18 bits per heavy atom. The molecule has 0 fully saturated rings. The van der Waals surface area contributed by atoms with Crippen LogP contribution in [-0.2, 0) is 13.5 Å². The fraction of sp³-hybridized carbons (Fsp3) is 0.308. The molecule has 3 nitrogen and oxygen atoms in total. The molecule has 0 amide bonds. The second kappa shape index (κ2) is 5.02. The Balaban J connectivity index is 2.19. The van der Waals surface area contributed by atoms with E-state index in [1.165, 1.54) is 0 Å². The zero-order chi connectivity index (χ0) is 12.4. The third-order valence-electron chi connectivity index (χ3n) is 2.68. The van der Waals surface area contributed by atoms with Gasteiger partial charge in [0.05, 0.1) is 11.8 Å². The molecular formula is C13H15BrN2O. The highest BCUT2D eigenvalue weighted by atomic mass is 79.9. The van der Waals surface area contributed by atoms with Crippen molar-refractivity contribution in [2.24, 2.45) is 7.05 Å². The largest absolute Gasteiger partial charge is 0.388 e. The van der Waals surface area contributed by atoms with Gasteiger partial charge in [-0.3, -0.25) is 4.68 Å². The number of hydrogen-bond donors (Lipinski definition) is 1. The van der Waals surface area contributed by atoms with Gasteiger partial charge in [-0.2, -0.15) is 5.10 Å². The van der Waals surface area contributed by atoms with Crippen molar-refractivity contribution in [1.29, 1.82) is 0 Å². The van der Waals surface area contributed by atoms with Gasteiger partial charge in [-0.1, -0.05) is 33.6 Å². The molecule has 2 aromatic rings. The molecule has 1 aromatic carbocycles. The van der Waals surface area contributed by atoms with Crippen LogP contribution in [0.25, 0.3) is 0 Å². The van der Waals surface area contributed by atoms with Gasteiger partial charge in [-0.25, -0.2) is 0 Å². The van der Waals surface area contributed by atoms with Crippen molar-refractivity contribution in [3.8, 4) is 0 Å². The van der Waals surface area contributed by atoms with E-state index in [0.717, 1.165) is 21.3 Å². The number of halogens is 1. The number of aryl methyl sites for hydroxylation is 2. The molecule has 1 atom stereocenters. The third-order valence-corrected chi connectivity index (χ3v) is 3.40. The van der Waals surface area contributed by atoms with Crippen LogP contribution < -0.4 is 0 Å². The lowest BCUT2D eigenvalue weighted by molar-refractivity contribution is 0.176. The van der Waals surface area contributed by atoms with Crippen molar-refractivity contribution in [2.75, 3.05) is 0 Å². The molecule has 1 aromatic heterocycles. The Hall–Kier alpha value is -1.13. The lowest BCUT2D eigenvalue weighted by Gasteiger charge is -2.12. The maximum Gasteiger partial charge on any atom is 0.0857 e. The summed E-state index contributed by atoms with van der Waals surface area (Å²) >= 11 is 3.46. The summed E-state index contributed by atoms with van der Waals surface area (Å²) in [6.07, 6.45) is 1.88. The first-order chi connectivity index (χ1) is 8.06. The normalized spacial score (nSPS) is 12.7.